The molecule has 0 saturated heterocycles. The maximum absolute atomic E-state index is 12.4. The standard InChI is InChI=1S/C9H10ClFO2S/c1-7(6-14(11,12)13)8-3-2-4-9(10)5-8/h2-5,7H,6H2,1H3. The number of hydrogen-bond donors (Lipinski definition) is 0. The molecule has 78 valence electrons. The molecule has 1 unspecified atom stereocenters. The van der Waals surface area contributed by atoms with E-state index in [1.807, 2.05) is 0 Å². The highest BCUT2D eigenvalue weighted by molar-refractivity contribution is 7.86. The van der Waals surface area contributed by atoms with Gasteiger partial charge in [0.05, 0.1) is 5.75 Å². The fourth-order valence-electron chi connectivity index (χ4n) is 1.21. The first-order chi connectivity index (χ1) is 6.38. The van der Waals surface area contributed by atoms with Crippen LogP contribution in [0.25, 0.3) is 0 Å². The van der Waals surface area contributed by atoms with Crippen LogP contribution in [0.3, 0.4) is 0 Å². The van der Waals surface area contributed by atoms with Crippen LogP contribution in [0.15, 0.2) is 24.3 Å². The summed E-state index contributed by atoms with van der Waals surface area (Å²) >= 11 is 5.72. The average molecular weight is 237 g/mol. The summed E-state index contributed by atoms with van der Waals surface area (Å²) in [7, 11) is -4.43. The van der Waals surface area contributed by atoms with Crippen molar-refractivity contribution in [3.63, 3.8) is 0 Å². The second kappa shape index (κ2) is 4.28. The molecule has 1 aromatic carbocycles. The summed E-state index contributed by atoms with van der Waals surface area (Å²) < 4.78 is 33.2. The highest BCUT2D eigenvalue weighted by Crippen LogP contribution is 2.21. The Morgan fingerprint density at radius 1 is 1.50 bits per heavy atom. The Balaban J connectivity index is 2.85. The smallest absolute Gasteiger partial charge is 0.195 e. The first-order valence-electron chi connectivity index (χ1n) is 4.06. The van der Waals surface area contributed by atoms with E-state index < -0.39 is 16.0 Å². The van der Waals surface area contributed by atoms with Gasteiger partial charge in [-0.3, -0.25) is 0 Å². The molecule has 5 heteroatoms. The Hall–Kier alpha value is -0.610. The normalized spacial score (nSPS) is 13.9. The summed E-state index contributed by atoms with van der Waals surface area (Å²) in [6.45, 7) is 1.64. The molecule has 0 fully saturated rings. The van der Waals surface area contributed by atoms with Gasteiger partial charge >= 0.3 is 10.2 Å². The lowest BCUT2D eigenvalue weighted by Gasteiger charge is -2.08. The Morgan fingerprint density at radius 2 is 2.14 bits per heavy atom. The second-order valence-corrected chi connectivity index (χ2v) is 5.01. The Bertz CT molecular complexity index is 417. The van der Waals surface area contributed by atoms with Crippen LogP contribution in [-0.4, -0.2) is 14.2 Å². The van der Waals surface area contributed by atoms with Crippen LogP contribution in [0, 0.1) is 0 Å². The van der Waals surface area contributed by atoms with E-state index in [4.69, 9.17) is 11.6 Å². The predicted molar refractivity (Wildman–Crippen MR) is 54.8 cm³/mol. The van der Waals surface area contributed by atoms with Crippen molar-refractivity contribution in [3.05, 3.63) is 34.9 Å². The molecule has 0 aliphatic heterocycles. The molecule has 14 heavy (non-hydrogen) atoms. The van der Waals surface area contributed by atoms with Crippen molar-refractivity contribution in [1.82, 2.24) is 0 Å². The Labute approximate surface area is 87.9 Å². The van der Waals surface area contributed by atoms with E-state index in [9.17, 15) is 12.3 Å². The molecule has 0 radical (unpaired) electrons. The predicted octanol–water partition coefficient (Wildman–Crippen LogP) is 2.74. The Kier molecular flexibility index (Phi) is 3.50. The van der Waals surface area contributed by atoms with Crippen LogP contribution in [-0.2, 0) is 10.2 Å². The van der Waals surface area contributed by atoms with Crippen LogP contribution in [0.2, 0.25) is 5.02 Å². The van der Waals surface area contributed by atoms with Crippen LogP contribution in [0.1, 0.15) is 18.4 Å². The molecule has 0 aliphatic carbocycles. The van der Waals surface area contributed by atoms with Gasteiger partial charge in [-0.2, -0.15) is 8.42 Å². The van der Waals surface area contributed by atoms with Crippen LogP contribution >= 0.6 is 11.6 Å². The summed E-state index contributed by atoms with van der Waals surface area (Å²) in [6, 6.07) is 6.75. The van der Waals surface area contributed by atoms with E-state index in [1.54, 1.807) is 31.2 Å². The molecule has 0 heterocycles. The van der Waals surface area contributed by atoms with Gasteiger partial charge < -0.3 is 0 Å². The van der Waals surface area contributed by atoms with Gasteiger partial charge in [0.15, 0.2) is 0 Å². The fourth-order valence-corrected chi connectivity index (χ4v) is 2.20. The van der Waals surface area contributed by atoms with Gasteiger partial charge in [0.25, 0.3) is 0 Å². The van der Waals surface area contributed by atoms with Gasteiger partial charge in [0, 0.05) is 5.02 Å². The first kappa shape index (κ1) is 11.5. The Morgan fingerprint density at radius 3 is 2.64 bits per heavy atom. The molecule has 1 aromatic rings. The maximum atomic E-state index is 12.4. The minimum Gasteiger partial charge on any atom is -0.195 e. The lowest BCUT2D eigenvalue weighted by atomic mass is 10.0. The number of hydrogen-bond acceptors (Lipinski definition) is 2. The van der Waals surface area contributed by atoms with Gasteiger partial charge in [-0.1, -0.05) is 30.7 Å². The number of benzene rings is 1. The molecule has 0 aromatic heterocycles. The molecule has 0 saturated carbocycles. The van der Waals surface area contributed by atoms with E-state index in [1.165, 1.54) is 0 Å². The van der Waals surface area contributed by atoms with Gasteiger partial charge in [0.2, 0.25) is 0 Å². The molecule has 0 aliphatic rings. The average Bonchev–Trinajstić information content (AvgIpc) is 2.01. The third-order valence-corrected chi connectivity index (χ3v) is 3.00. The van der Waals surface area contributed by atoms with E-state index in [0.29, 0.717) is 5.02 Å². The van der Waals surface area contributed by atoms with E-state index >= 15 is 0 Å². The van der Waals surface area contributed by atoms with Crippen molar-refractivity contribution in [2.75, 3.05) is 5.75 Å². The molecule has 2 nitrogen and oxygen atoms in total. The van der Waals surface area contributed by atoms with Crippen LogP contribution < -0.4 is 0 Å². The topological polar surface area (TPSA) is 34.1 Å². The second-order valence-electron chi connectivity index (χ2n) is 3.16. The monoisotopic (exact) mass is 236 g/mol. The molecule has 1 atom stereocenters. The van der Waals surface area contributed by atoms with Gasteiger partial charge in [0.1, 0.15) is 0 Å². The van der Waals surface area contributed by atoms with E-state index in [-0.39, 0.29) is 5.92 Å². The number of rotatable bonds is 3. The third kappa shape index (κ3) is 3.64. The lowest BCUT2D eigenvalue weighted by molar-refractivity contribution is 0.546. The van der Waals surface area contributed by atoms with Gasteiger partial charge in [-0.25, -0.2) is 0 Å². The van der Waals surface area contributed by atoms with Gasteiger partial charge in [-0.05, 0) is 23.6 Å². The lowest BCUT2D eigenvalue weighted by Crippen LogP contribution is -2.07. The minimum atomic E-state index is -4.43. The molecular formula is C9H10ClFO2S. The minimum absolute atomic E-state index is 0.385. The van der Waals surface area contributed by atoms with Crippen LogP contribution in [0.4, 0.5) is 3.89 Å². The van der Waals surface area contributed by atoms with Crippen molar-refractivity contribution in [3.8, 4) is 0 Å². The molecule has 0 spiro atoms. The molecule has 0 bridgehead atoms. The summed E-state index contributed by atoms with van der Waals surface area (Å²) in [5.74, 6) is -0.892. The SMILES string of the molecule is CC(CS(=O)(=O)F)c1cccc(Cl)c1. The van der Waals surface area contributed by atoms with Crippen molar-refractivity contribution < 1.29 is 12.3 Å². The fraction of sp³-hybridized carbons (Fsp3) is 0.333. The molecule has 0 amide bonds. The molecular weight excluding hydrogens is 227 g/mol. The van der Waals surface area contributed by atoms with E-state index in [2.05, 4.69) is 0 Å². The highest BCUT2D eigenvalue weighted by atomic mass is 35.5. The summed E-state index contributed by atoms with van der Waals surface area (Å²) in [5.41, 5.74) is 0.721. The van der Waals surface area contributed by atoms with Crippen molar-refractivity contribution in [1.29, 1.82) is 0 Å². The van der Waals surface area contributed by atoms with Crippen LogP contribution in [0.5, 0.6) is 0 Å². The third-order valence-electron chi connectivity index (χ3n) is 1.87. The molecule has 1 rings (SSSR count). The van der Waals surface area contributed by atoms with Gasteiger partial charge in [-0.15, -0.1) is 3.89 Å². The molecule has 0 N–H and O–H groups in total. The highest BCUT2D eigenvalue weighted by Gasteiger charge is 2.15. The largest absolute Gasteiger partial charge is 0.303 e. The first-order valence-corrected chi connectivity index (χ1v) is 5.99. The van der Waals surface area contributed by atoms with E-state index in [0.717, 1.165) is 5.56 Å². The maximum Gasteiger partial charge on any atom is 0.303 e. The van der Waals surface area contributed by atoms with Crippen molar-refractivity contribution in [2.24, 2.45) is 0 Å². The summed E-state index contributed by atoms with van der Waals surface area (Å²) in [5, 5.41) is 0.519. The quantitative estimate of drug-likeness (QED) is 0.757. The van der Waals surface area contributed by atoms with Crippen molar-refractivity contribution in [2.45, 2.75) is 12.8 Å². The summed E-state index contributed by atoms with van der Waals surface area (Å²) in [6.07, 6.45) is 0. The van der Waals surface area contributed by atoms with Crippen molar-refractivity contribution >= 4 is 21.8 Å². The summed E-state index contributed by atoms with van der Waals surface area (Å²) in [4.78, 5) is 0. The zero-order valence-electron chi connectivity index (χ0n) is 7.57. The zero-order chi connectivity index (χ0) is 10.8. The number of halogens is 2. The zero-order valence-corrected chi connectivity index (χ0v) is 9.15.